The molecule has 2 nitrogen and oxygen atoms in total. The summed E-state index contributed by atoms with van der Waals surface area (Å²) in [4.78, 5) is 6.60. The van der Waals surface area contributed by atoms with Crippen molar-refractivity contribution in [2.24, 2.45) is 0 Å². The normalized spacial score (nSPS) is 12.4. The monoisotopic (exact) mass is 259 g/mol. The third-order valence-electron chi connectivity index (χ3n) is 2.76. The summed E-state index contributed by atoms with van der Waals surface area (Å²) in [6.07, 6.45) is 1.30. The summed E-state index contributed by atoms with van der Waals surface area (Å²) < 4.78 is 0. The van der Waals surface area contributed by atoms with Gasteiger partial charge in [0, 0.05) is 16.0 Å². The van der Waals surface area contributed by atoms with Crippen LogP contribution in [0, 0.1) is 13.8 Å². The fourth-order valence-corrected chi connectivity index (χ4v) is 2.61. The van der Waals surface area contributed by atoms with Crippen LogP contribution in [0.3, 0.4) is 0 Å². The van der Waals surface area contributed by atoms with Gasteiger partial charge in [0.15, 0.2) is 0 Å². The molecule has 0 saturated heterocycles. The molecule has 0 fully saturated rings. The zero-order valence-electron chi connectivity index (χ0n) is 10.8. The van der Waals surface area contributed by atoms with E-state index >= 15 is 0 Å². The van der Waals surface area contributed by atoms with Crippen LogP contribution in [-0.2, 0) is 0 Å². The lowest BCUT2D eigenvalue weighted by atomic mass is 10.2. The average Bonchev–Trinajstić information content (AvgIpc) is 2.34. The number of pyridine rings is 1. The summed E-state index contributed by atoms with van der Waals surface area (Å²) >= 11 is 1.70. The number of nitrogens with zero attached hydrogens (tertiary/aromatic N) is 1. The summed E-state index contributed by atoms with van der Waals surface area (Å²) in [5.74, 6) is 0. The predicted octanol–water partition coefficient (Wildman–Crippen LogP) is 3.90. The molecule has 0 aliphatic heterocycles. The lowest BCUT2D eigenvalue weighted by molar-refractivity contribution is 0.194. The van der Waals surface area contributed by atoms with Gasteiger partial charge in [-0.3, -0.25) is 4.98 Å². The molecule has 1 atom stereocenters. The molecule has 0 unspecified atom stereocenters. The van der Waals surface area contributed by atoms with Crippen molar-refractivity contribution in [1.82, 2.24) is 4.98 Å². The maximum absolute atomic E-state index is 9.42. The lowest BCUT2D eigenvalue weighted by Gasteiger charge is -2.08. The first-order chi connectivity index (χ1) is 8.56. The Hall–Kier alpha value is -1.32. The van der Waals surface area contributed by atoms with Crippen LogP contribution in [0.2, 0.25) is 0 Å². The van der Waals surface area contributed by atoms with Crippen molar-refractivity contribution in [1.29, 1.82) is 0 Å². The van der Waals surface area contributed by atoms with Gasteiger partial charge in [-0.1, -0.05) is 23.9 Å². The van der Waals surface area contributed by atoms with Crippen molar-refractivity contribution in [2.75, 3.05) is 0 Å². The van der Waals surface area contributed by atoms with Crippen LogP contribution >= 0.6 is 11.8 Å². The molecule has 0 saturated carbocycles. The maximum Gasteiger partial charge on any atom is 0.0931 e. The van der Waals surface area contributed by atoms with Gasteiger partial charge < -0.3 is 5.11 Å². The van der Waals surface area contributed by atoms with Crippen molar-refractivity contribution < 1.29 is 5.11 Å². The Kier molecular flexibility index (Phi) is 4.04. The summed E-state index contributed by atoms with van der Waals surface area (Å²) in [5.41, 5.74) is 3.24. The summed E-state index contributed by atoms with van der Waals surface area (Å²) in [7, 11) is 0. The molecule has 2 rings (SSSR count). The second-order valence-electron chi connectivity index (χ2n) is 4.47. The van der Waals surface area contributed by atoms with E-state index in [1.807, 2.05) is 18.3 Å². The van der Waals surface area contributed by atoms with Gasteiger partial charge in [-0.15, -0.1) is 0 Å². The number of benzene rings is 1. The van der Waals surface area contributed by atoms with Crippen molar-refractivity contribution in [3.05, 3.63) is 53.3 Å². The number of hydrogen-bond donors (Lipinski definition) is 1. The lowest BCUT2D eigenvalue weighted by Crippen LogP contribution is -1.94. The number of aryl methyl sites for hydroxylation is 2. The van der Waals surface area contributed by atoms with E-state index in [-0.39, 0.29) is 0 Å². The molecule has 0 radical (unpaired) electrons. The third-order valence-corrected chi connectivity index (χ3v) is 3.90. The van der Waals surface area contributed by atoms with Crippen molar-refractivity contribution in [3.8, 4) is 0 Å². The van der Waals surface area contributed by atoms with Gasteiger partial charge in [0.1, 0.15) is 0 Å². The van der Waals surface area contributed by atoms with Crippen molar-refractivity contribution >= 4 is 11.8 Å². The number of aromatic nitrogens is 1. The Morgan fingerprint density at radius 3 is 2.56 bits per heavy atom. The quantitative estimate of drug-likeness (QED) is 0.907. The summed E-state index contributed by atoms with van der Waals surface area (Å²) in [6, 6.07) is 10.3. The fourth-order valence-electron chi connectivity index (χ4n) is 1.64. The Morgan fingerprint density at radius 2 is 1.94 bits per heavy atom. The Balaban J connectivity index is 2.21. The van der Waals surface area contributed by atoms with Crippen molar-refractivity contribution in [3.63, 3.8) is 0 Å². The third kappa shape index (κ3) is 3.12. The van der Waals surface area contributed by atoms with E-state index in [0.29, 0.717) is 5.69 Å². The molecular weight excluding hydrogens is 242 g/mol. The summed E-state index contributed by atoms with van der Waals surface area (Å²) in [5, 5.41) is 9.42. The SMILES string of the molecule is Cc1ccc(C)c(Sc2ccc([C@H](C)O)nc2)c1. The van der Waals surface area contributed by atoms with E-state index in [1.54, 1.807) is 18.7 Å². The molecule has 1 heterocycles. The fraction of sp³-hybridized carbons (Fsp3) is 0.267. The molecule has 18 heavy (non-hydrogen) atoms. The van der Waals surface area contributed by atoms with Gasteiger partial charge in [-0.2, -0.15) is 0 Å². The van der Waals surface area contributed by atoms with Crippen LogP contribution in [0.4, 0.5) is 0 Å². The highest BCUT2D eigenvalue weighted by Crippen LogP contribution is 2.30. The van der Waals surface area contributed by atoms with E-state index in [9.17, 15) is 5.11 Å². The van der Waals surface area contributed by atoms with Gasteiger partial charge in [0.05, 0.1) is 11.8 Å². The van der Waals surface area contributed by atoms with Crippen LogP contribution in [0.15, 0.2) is 46.3 Å². The van der Waals surface area contributed by atoms with Gasteiger partial charge in [0.25, 0.3) is 0 Å². The topological polar surface area (TPSA) is 33.1 Å². The first kappa shape index (κ1) is 13.1. The Labute approximate surface area is 112 Å². The predicted molar refractivity (Wildman–Crippen MR) is 74.9 cm³/mol. The smallest absolute Gasteiger partial charge is 0.0931 e. The van der Waals surface area contributed by atoms with Crippen LogP contribution in [0.5, 0.6) is 0 Å². The molecule has 0 bridgehead atoms. The second kappa shape index (κ2) is 5.55. The number of aliphatic hydroxyl groups excluding tert-OH is 1. The largest absolute Gasteiger partial charge is 0.387 e. The Morgan fingerprint density at radius 1 is 1.17 bits per heavy atom. The van der Waals surface area contributed by atoms with Gasteiger partial charge in [-0.05, 0) is 50.1 Å². The highest BCUT2D eigenvalue weighted by atomic mass is 32.2. The minimum atomic E-state index is -0.509. The average molecular weight is 259 g/mol. The summed E-state index contributed by atoms with van der Waals surface area (Å²) in [6.45, 7) is 5.93. The minimum Gasteiger partial charge on any atom is -0.387 e. The van der Waals surface area contributed by atoms with Crippen LogP contribution in [-0.4, -0.2) is 10.1 Å². The standard InChI is InChI=1S/C15H17NOS/c1-10-4-5-11(2)15(8-10)18-13-6-7-14(12(3)17)16-9-13/h4-9,12,17H,1-3H3/t12-/m0/s1. The van der Waals surface area contributed by atoms with E-state index in [2.05, 4.69) is 37.0 Å². The van der Waals surface area contributed by atoms with Crippen LogP contribution in [0.25, 0.3) is 0 Å². The molecule has 3 heteroatoms. The first-order valence-electron chi connectivity index (χ1n) is 5.95. The minimum absolute atomic E-state index is 0.509. The molecule has 0 spiro atoms. The maximum atomic E-state index is 9.42. The van der Waals surface area contributed by atoms with Gasteiger partial charge in [-0.25, -0.2) is 0 Å². The second-order valence-corrected chi connectivity index (χ2v) is 5.58. The first-order valence-corrected chi connectivity index (χ1v) is 6.77. The van der Waals surface area contributed by atoms with Gasteiger partial charge >= 0.3 is 0 Å². The van der Waals surface area contributed by atoms with E-state index in [0.717, 1.165) is 4.90 Å². The number of hydrogen-bond acceptors (Lipinski definition) is 3. The zero-order valence-corrected chi connectivity index (χ0v) is 11.7. The van der Waals surface area contributed by atoms with Crippen molar-refractivity contribution in [2.45, 2.75) is 36.7 Å². The van der Waals surface area contributed by atoms with E-state index in [1.165, 1.54) is 16.0 Å². The van der Waals surface area contributed by atoms with E-state index in [4.69, 9.17) is 0 Å². The molecule has 1 aromatic carbocycles. The molecule has 1 aromatic heterocycles. The van der Waals surface area contributed by atoms with E-state index < -0.39 is 6.10 Å². The van der Waals surface area contributed by atoms with Crippen LogP contribution < -0.4 is 0 Å². The highest BCUT2D eigenvalue weighted by molar-refractivity contribution is 7.99. The molecule has 1 N–H and O–H groups in total. The van der Waals surface area contributed by atoms with Gasteiger partial charge in [0.2, 0.25) is 0 Å². The zero-order chi connectivity index (χ0) is 13.1. The Bertz CT molecular complexity index is 535. The molecule has 0 amide bonds. The molecular formula is C15H17NOS. The number of rotatable bonds is 3. The molecule has 2 aromatic rings. The van der Waals surface area contributed by atoms with Crippen LogP contribution in [0.1, 0.15) is 29.8 Å². The highest BCUT2D eigenvalue weighted by Gasteiger charge is 2.05. The molecule has 94 valence electrons. The molecule has 0 aliphatic rings. The number of aliphatic hydroxyl groups is 1. The molecule has 0 aliphatic carbocycles.